The summed E-state index contributed by atoms with van der Waals surface area (Å²) in [5, 5.41) is 0. The fourth-order valence-corrected chi connectivity index (χ4v) is 1.69. The third-order valence-corrected chi connectivity index (χ3v) is 2.67. The Hall–Kier alpha value is -0.390. The Morgan fingerprint density at radius 1 is 1.29 bits per heavy atom. The van der Waals surface area contributed by atoms with E-state index in [9.17, 15) is 8.42 Å². The van der Waals surface area contributed by atoms with E-state index in [0.29, 0.717) is 0 Å². The van der Waals surface area contributed by atoms with Crippen LogP contribution in [-0.2, 0) is 36.7 Å². The van der Waals surface area contributed by atoms with Gasteiger partial charge in [-0.15, -0.1) is 6.58 Å². The minimum Gasteiger partial charge on any atom is -0.262 e. The molecule has 0 amide bonds. The second kappa shape index (κ2) is 6.16. The van der Waals surface area contributed by atoms with Crippen LogP contribution < -0.4 is 0 Å². The molecule has 14 heavy (non-hydrogen) atoms. The summed E-state index contributed by atoms with van der Waals surface area (Å²) in [5.74, 6) is 0. The molecule has 0 aromatic heterocycles. The van der Waals surface area contributed by atoms with E-state index in [1.165, 1.54) is 18.2 Å². The Bertz CT molecular complexity index is 372. The molecule has 1 rings (SSSR count). The van der Waals surface area contributed by atoms with Crippen molar-refractivity contribution in [1.29, 1.82) is 0 Å². The first-order valence-electron chi connectivity index (χ1n) is 3.72. The monoisotopic (exact) mass is 395 g/mol. The van der Waals surface area contributed by atoms with Gasteiger partial charge in [-0.2, -0.15) is 8.42 Å². The van der Waals surface area contributed by atoms with Crippen molar-refractivity contribution < 1.29 is 35.0 Å². The molecule has 3 nitrogen and oxygen atoms in total. The Balaban J connectivity index is 0.00000169. The number of hydrogen-bond acceptors (Lipinski definition) is 3. The van der Waals surface area contributed by atoms with Crippen molar-refractivity contribution in [2.45, 2.75) is 4.90 Å². The summed E-state index contributed by atoms with van der Waals surface area (Å²) in [6.45, 7) is 3.37. The third-order valence-electron chi connectivity index (χ3n) is 1.37. The van der Waals surface area contributed by atoms with E-state index in [4.69, 9.17) is 0 Å². The molecule has 0 heterocycles. The second-order valence-corrected chi connectivity index (χ2v) is 3.96. The van der Waals surface area contributed by atoms with Crippen LogP contribution in [0.5, 0.6) is 0 Å². The standard InChI is InChI=1S/C9H10O3S.Au/c1-2-8-12-13(10,11)9-6-4-3-5-7-9;/h2-7H,1,8H2;. The van der Waals surface area contributed by atoms with E-state index in [1.807, 2.05) is 0 Å². The quantitative estimate of drug-likeness (QED) is 0.442. The van der Waals surface area contributed by atoms with Crippen molar-refractivity contribution >= 4 is 10.1 Å². The van der Waals surface area contributed by atoms with Crippen LogP contribution in [0.15, 0.2) is 47.9 Å². The molecule has 0 saturated carbocycles. The minimum atomic E-state index is -3.59. The summed E-state index contributed by atoms with van der Waals surface area (Å²) >= 11 is 0. The van der Waals surface area contributed by atoms with Crippen LogP contribution in [0.3, 0.4) is 0 Å². The van der Waals surface area contributed by atoms with Crippen LogP contribution in [0.1, 0.15) is 0 Å². The van der Waals surface area contributed by atoms with Crippen LogP contribution in [0.4, 0.5) is 0 Å². The van der Waals surface area contributed by atoms with Crippen molar-refractivity contribution in [3.8, 4) is 0 Å². The molecule has 0 fully saturated rings. The summed E-state index contributed by atoms with van der Waals surface area (Å²) in [7, 11) is -3.59. The molecule has 1 radical (unpaired) electrons. The first-order chi connectivity index (χ1) is 6.17. The molecule has 0 aliphatic rings. The van der Waals surface area contributed by atoms with Gasteiger partial charge in [0.2, 0.25) is 0 Å². The summed E-state index contributed by atoms with van der Waals surface area (Å²) < 4.78 is 27.3. The molecular formula is C9H10AuO3S. The second-order valence-electron chi connectivity index (χ2n) is 2.34. The van der Waals surface area contributed by atoms with Crippen LogP contribution in [0.25, 0.3) is 0 Å². The molecule has 1 aromatic carbocycles. The third kappa shape index (κ3) is 3.77. The normalized spacial score (nSPS) is 10.3. The molecule has 0 N–H and O–H groups in total. The SMILES string of the molecule is C=CCOS(=O)(=O)c1ccccc1.[Au]. The molecule has 0 saturated heterocycles. The van der Waals surface area contributed by atoms with E-state index < -0.39 is 10.1 Å². The summed E-state index contributed by atoms with van der Waals surface area (Å²) in [6, 6.07) is 8.00. The van der Waals surface area contributed by atoms with Crippen molar-refractivity contribution in [2.75, 3.05) is 6.61 Å². The van der Waals surface area contributed by atoms with E-state index in [0.717, 1.165) is 0 Å². The number of benzene rings is 1. The first kappa shape index (κ1) is 13.6. The van der Waals surface area contributed by atoms with Crippen molar-refractivity contribution in [1.82, 2.24) is 0 Å². The predicted octanol–water partition coefficient (Wildman–Crippen LogP) is 1.58. The van der Waals surface area contributed by atoms with Crippen LogP contribution in [-0.4, -0.2) is 15.0 Å². The number of hydrogen-bond donors (Lipinski definition) is 0. The summed E-state index contributed by atoms with van der Waals surface area (Å²) in [4.78, 5) is 0.164. The van der Waals surface area contributed by atoms with Gasteiger partial charge in [-0.05, 0) is 12.1 Å². The number of rotatable bonds is 4. The Morgan fingerprint density at radius 3 is 2.36 bits per heavy atom. The molecule has 81 valence electrons. The van der Waals surface area contributed by atoms with Crippen LogP contribution >= 0.6 is 0 Å². The van der Waals surface area contributed by atoms with Crippen molar-refractivity contribution in [2.24, 2.45) is 0 Å². The minimum absolute atomic E-state index is 0. The average Bonchev–Trinajstić information content (AvgIpc) is 2.16. The predicted molar refractivity (Wildman–Crippen MR) is 49.8 cm³/mol. The van der Waals surface area contributed by atoms with Gasteiger partial charge in [0.25, 0.3) is 10.1 Å². The summed E-state index contributed by atoms with van der Waals surface area (Å²) in [5.41, 5.74) is 0. The van der Waals surface area contributed by atoms with Gasteiger partial charge in [-0.3, -0.25) is 4.18 Å². The molecular weight excluding hydrogens is 385 g/mol. The first-order valence-corrected chi connectivity index (χ1v) is 5.13. The molecule has 0 aliphatic heterocycles. The zero-order chi connectivity index (χ0) is 9.73. The summed E-state index contributed by atoms with van der Waals surface area (Å²) in [6.07, 6.45) is 1.39. The molecule has 0 atom stereocenters. The van der Waals surface area contributed by atoms with Gasteiger partial charge >= 0.3 is 0 Å². The Labute approximate surface area is 99.4 Å². The van der Waals surface area contributed by atoms with Crippen molar-refractivity contribution in [3.63, 3.8) is 0 Å². The van der Waals surface area contributed by atoms with E-state index >= 15 is 0 Å². The zero-order valence-electron chi connectivity index (χ0n) is 7.31. The fourth-order valence-electron chi connectivity index (χ4n) is 0.793. The Morgan fingerprint density at radius 2 is 1.86 bits per heavy atom. The van der Waals surface area contributed by atoms with Gasteiger partial charge in [0.1, 0.15) is 0 Å². The molecule has 5 heteroatoms. The van der Waals surface area contributed by atoms with Crippen molar-refractivity contribution in [3.05, 3.63) is 43.0 Å². The topological polar surface area (TPSA) is 43.4 Å². The van der Waals surface area contributed by atoms with E-state index in [2.05, 4.69) is 10.8 Å². The van der Waals surface area contributed by atoms with Gasteiger partial charge in [-0.25, -0.2) is 0 Å². The maximum absolute atomic E-state index is 11.3. The maximum atomic E-state index is 11.3. The van der Waals surface area contributed by atoms with Gasteiger partial charge in [0.15, 0.2) is 0 Å². The fraction of sp³-hybridized carbons (Fsp3) is 0.111. The molecule has 0 unspecified atom stereocenters. The van der Waals surface area contributed by atoms with Gasteiger partial charge in [-0.1, -0.05) is 24.3 Å². The van der Waals surface area contributed by atoms with Crippen LogP contribution in [0.2, 0.25) is 0 Å². The molecule has 0 aliphatic carbocycles. The Kier molecular flexibility index (Phi) is 5.99. The van der Waals surface area contributed by atoms with E-state index in [1.54, 1.807) is 18.2 Å². The smallest absolute Gasteiger partial charge is 0.262 e. The van der Waals surface area contributed by atoms with Gasteiger partial charge in [0.05, 0.1) is 11.5 Å². The molecule has 0 spiro atoms. The molecule has 0 bridgehead atoms. The van der Waals surface area contributed by atoms with Gasteiger partial charge in [0, 0.05) is 22.4 Å². The van der Waals surface area contributed by atoms with Gasteiger partial charge < -0.3 is 0 Å². The largest absolute Gasteiger partial charge is 0.297 e. The molecule has 1 aromatic rings. The zero-order valence-corrected chi connectivity index (χ0v) is 10.3. The maximum Gasteiger partial charge on any atom is 0.297 e. The average molecular weight is 395 g/mol. The van der Waals surface area contributed by atoms with Crippen LogP contribution in [0, 0.1) is 0 Å². The van der Waals surface area contributed by atoms with E-state index in [-0.39, 0.29) is 33.9 Å².